The summed E-state index contributed by atoms with van der Waals surface area (Å²) in [6.45, 7) is 9.00. The fourth-order valence-electron chi connectivity index (χ4n) is 2.84. The van der Waals surface area contributed by atoms with E-state index in [0.29, 0.717) is 24.5 Å². The Bertz CT molecular complexity index is 709. The lowest BCUT2D eigenvalue weighted by molar-refractivity contribution is 0.129. The maximum Gasteiger partial charge on any atom is 0.319 e. The fraction of sp³-hybridized carbons (Fsp3) is 0.500. The molecule has 2 amide bonds. The number of para-hydroxylation sites is 1. The van der Waals surface area contributed by atoms with E-state index in [4.69, 9.17) is 0 Å². The maximum atomic E-state index is 12.3. The van der Waals surface area contributed by atoms with Crippen LogP contribution in [0.5, 0.6) is 0 Å². The highest BCUT2D eigenvalue weighted by Gasteiger charge is 2.21. The molecule has 2 rings (SSSR count). The molecule has 1 heterocycles. The van der Waals surface area contributed by atoms with Gasteiger partial charge in [0.1, 0.15) is 6.33 Å². The highest BCUT2D eigenvalue weighted by Crippen LogP contribution is 2.26. The van der Waals surface area contributed by atoms with Crippen molar-refractivity contribution in [3.63, 3.8) is 0 Å². The predicted molar refractivity (Wildman–Crippen MR) is 98.2 cm³/mol. The maximum absolute atomic E-state index is 12.3. The summed E-state index contributed by atoms with van der Waals surface area (Å²) in [6, 6.07) is 7.23. The van der Waals surface area contributed by atoms with Crippen molar-refractivity contribution in [3.8, 4) is 11.4 Å². The van der Waals surface area contributed by atoms with Gasteiger partial charge in [-0.1, -0.05) is 26.0 Å². The lowest BCUT2D eigenvalue weighted by Gasteiger charge is -2.26. The number of hydrogen-bond donors (Lipinski definition) is 3. The first-order valence-electron chi connectivity index (χ1n) is 8.52. The van der Waals surface area contributed by atoms with E-state index in [-0.39, 0.29) is 11.4 Å². The third-order valence-corrected chi connectivity index (χ3v) is 3.95. The molecular weight excluding hydrogens is 318 g/mol. The number of rotatable bonds is 7. The third-order valence-electron chi connectivity index (χ3n) is 3.95. The monoisotopic (exact) mass is 345 g/mol. The average Bonchev–Trinajstić information content (AvgIpc) is 3.01. The van der Waals surface area contributed by atoms with E-state index < -0.39 is 6.10 Å². The third kappa shape index (κ3) is 5.29. The van der Waals surface area contributed by atoms with Gasteiger partial charge < -0.3 is 20.3 Å². The number of aliphatic hydroxyl groups excluding tert-OH is 1. The van der Waals surface area contributed by atoms with E-state index in [1.807, 2.05) is 49.6 Å². The number of anilines is 1. The lowest BCUT2D eigenvalue weighted by atomic mass is 9.87. The van der Waals surface area contributed by atoms with E-state index in [2.05, 4.69) is 20.8 Å². The number of aromatic nitrogens is 3. The van der Waals surface area contributed by atoms with Crippen LogP contribution in [0.2, 0.25) is 0 Å². The summed E-state index contributed by atoms with van der Waals surface area (Å²) in [7, 11) is 0. The largest absolute Gasteiger partial charge is 0.393 e. The molecule has 0 saturated heterocycles. The highest BCUT2D eigenvalue weighted by molar-refractivity contribution is 5.93. The summed E-state index contributed by atoms with van der Waals surface area (Å²) in [5.74, 6) is 0.716. The van der Waals surface area contributed by atoms with E-state index in [1.54, 1.807) is 13.3 Å². The van der Waals surface area contributed by atoms with Crippen molar-refractivity contribution in [1.29, 1.82) is 0 Å². The van der Waals surface area contributed by atoms with Crippen LogP contribution in [0.3, 0.4) is 0 Å². The first kappa shape index (κ1) is 18.9. The number of carbonyl (C=O) groups excluding carboxylic acids is 1. The molecule has 25 heavy (non-hydrogen) atoms. The number of carbonyl (C=O) groups is 1. The van der Waals surface area contributed by atoms with Gasteiger partial charge in [-0.3, -0.25) is 0 Å². The van der Waals surface area contributed by atoms with Gasteiger partial charge in [0, 0.05) is 18.7 Å². The molecule has 0 spiro atoms. The SMILES string of the molecule is CCn1cnnc1-c1ccccc1NC(=O)NCC(C)(C)CC(C)O. The van der Waals surface area contributed by atoms with Crippen LogP contribution >= 0.6 is 0 Å². The molecule has 0 aliphatic carbocycles. The van der Waals surface area contributed by atoms with Gasteiger partial charge in [0.25, 0.3) is 0 Å². The van der Waals surface area contributed by atoms with Gasteiger partial charge in [-0.2, -0.15) is 0 Å². The van der Waals surface area contributed by atoms with Crippen molar-refractivity contribution in [2.24, 2.45) is 5.41 Å². The molecule has 3 N–H and O–H groups in total. The van der Waals surface area contributed by atoms with Crippen LogP contribution in [0.4, 0.5) is 10.5 Å². The zero-order valence-electron chi connectivity index (χ0n) is 15.3. The van der Waals surface area contributed by atoms with Crippen LogP contribution in [0.25, 0.3) is 11.4 Å². The summed E-state index contributed by atoms with van der Waals surface area (Å²) in [5, 5.41) is 23.4. The van der Waals surface area contributed by atoms with E-state index in [0.717, 1.165) is 12.1 Å². The van der Waals surface area contributed by atoms with Crippen molar-refractivity contribution in [2.75, 3.05) is 11.9 Å². The molecule has 2 aromatic rings. The molecule has 136 valence electrons. The second-order valence-electron chi connectivity index (χ2n) is 7.01. The Balaban J connectivity index is 2.07. The van der Waals surface area contributed by atoms with Crippen LogP contribution in [0.1, 0.15) is 34.1 Å². The van der Waals surface area contributed by atoms with E-state index >= 15 is 0 Å². The molecule has 0 aliphatic heterocycles. The van der Waals surface area contributed by atoms with Crippen molar-refractivity contribution in [2.45, 2.75) is 46.8 Å². The van der Waals surface area contributed by atoms with Crippen molar-refractivity contribution in [1.82, 2.24) is 20.1 Å². The van der Waals surface area contributed by atoms with Crippen LogP contribution in [0.15, 0.2) is 30.6 Å². The summed E-state index contributed by atoms with van der Waals surface area (Å²) in [4.78, 5) is 12.3. The second kappa shape index (κ2) is 8.11. The minimum Gasteiger partial charge on any atom is -0.393 e. The number of benzene rings is 1. The smallest absolute Gasteiger partial charge is 0.319 e. The van der Waals surface area contributed by atoms with Crippen LogP contribution in [-0.2, 0) is 6.54 Å². The standard InChI is InChI=1S/C18H27N5O2/c1-5-23-12-20-22-16(23)14-8-6-7-9-15(14)21-17(25)19-11-18(3,4)10-13(2)24/h6-9,12-13,24H,5,10-11H2,1-4H3,(H2,19,21,25). The molecule has 0 saturated carbocycles. The van der Waals surface area contributed by atoms with Gasteiger partial charge in [-0.25, -0.2) is 4.79 Å². The van der Waals surface area contributed by atoms with Gasteiger partial charge in [0.05, 0.1) is 11.8 Å². The second-order valence-corrected chi connectivity index (χ2v) is 7.01. The Labute approximate surface area is 148 Å². The first-order valence-corrected chi connectivity index (χ1v) is 8.52. The summed E-state index contributed by atoms with van der Waals surface area (Å²) < 4.78 is 1.92. The van der Waals surface area contributed by atoms with Crippen molar-refractivity contribution >= 4 is 11.7 Å². The van der Waals surface area contributed by atoms with Crippen molar-refractivity contribution < 1.29 is 9.90 Å². The average molecular weight is 345 g/mol. The lowest BCUT2D eigenvalue weighted by Crippen LogP contribution is -2.38. The Morgan fingerprint density at radius 2 is 2.08 bits per heavy atom. The number of hydrogen-bond acceptors (Lipinski definition) is 4. The van der Waals surface area contributed by atoms with E-state index in [9.17, 15) is 9.90 Å². The van der Waals surface area contributed by atoms with Gasteiger partial charge in [-0.15, -0.1) is 10.2 Å². The topological polar surface area (TPSA) is 92.1 Å². The Kier molecular flexibility index (Phi) is 6.14. The fourth-order valence-corrected chi connectivity index (χ4v) is 2.84. The van der Waals surface area contributed by atoms with Gasteiger partial charge >= 0.3 is 6.03 Å². The summed E-state index contributed by atoms with van der Waals surface area (Å²) in [6.07, 6.45) is 1.88. The number of amides is 2. The molecular formula is C18H27N5O2. The van der Waals surface area contributed by atoms with Crippen LogP contribution in [0, 0.1) is 5.41 Å². The van der Waals surface area contributed by atoms with Crippen molar-refractivity contribution in [3.05, 3.63) is 30.6 Å². The predicted octanol–water partition coefficient (Wildman–Crippen LogP) is 2.88. The molecule has 1 unspecified atom stereocenters. The zero-order chi connectivity index (χ0) is 18.4. The highest BCUT2D eigenvalue weighted by atomic mass is 16.3. The van der Waals surface area contributed by atoms with Gasteiger partial charge in [-0.05, 0) is 37.8 Å². The molecule has 7 nitrogen and oxygen atoms in total. The molecule has 1 aromatic carbocycles. The number of aliphatic hydroxyl groups is 1. The number of aryl methyl sites for hydroxylation is 1. The normalized spacial score (nSPS) is 12.7. The van der Waals surface area contributed by atoms with Gasteiger partial charge in [0.15, 0.2) is 5.82 Å². The minimum absolute atomic E-state index is 0.187. The van der Waals surface area contributed by atoms with Crippen LogP contribution < -0.4 is 10.6 Å². The first-order chi connectivity index (χ1) is 11.8. The van der Waals surface area contributed by atoms with Crippen LogP contribution in [-0.4, -0.2) is 38.6 Å². The molecule has 7 heteroatoms. The molecule has 0 radical (unpaired) electrons. The number of nitrogens with one attached hydrogen (secondary N) is 2. The van der Waals surface area contributed by atoms with Gasteiger partial charge in [0.2, 0.25) is 0 Å². The number of urea groups is 1. The molecule has 0 aliphatic rings. The molecule has 1 aromatic heterocycles. The zero-order valence-corrected chi connectivity index (χ0v) is 15.3. The summed E-state index contributed by atoms with van der Waals surface area (Å²) in [5.41, 5.74) is 1.31. The Morgan fingerprint density at radius 1 is 1.36 bits per heavy atom. The summed E-state index contributed by atoms with van der Waals surface area (Å²) >= 11 is 0. The quantitative estimate of drug-likeness (QED) is 0.719. The Morgan fingerprint density at radius 3 is 2.76 bits per heavy atom. The molecule has 0 bridgehead atoms. The number of nitrogens with zero attached hydrogens (tertiary/aromatic N) is 3. The Hall–Kier alpha value is -2.41. The molecule has 0 fully saturated rings. The minimum atomic E-state index is -0.402. The molecule has 1 atom stereocenters. The van der Waals surface area contributed by atoms with E-state index in [1.165, 1.54) is 0 Å².